The lowest BCUT2D eigenvalue weighted by atomic mass is 9.97. The highest BCUT2D eigenvalue weighted by Crippen LogP contribution is 2.46. The summed E-state index contributed by atoms with van der Waals surface area (Å²) in [6.45, 7) is 5.61. The third kappa shape index (κ3) is 5.62. The van der Waals surface area contributed by atoms with E-state index in [9.17, 15) is 22.5 Å². The number of methoxy groups -OCH3 is 1. The molecular formula is C25H29F3N5O3P. The second-order valence-corrected chi connectivity index (χ2v) is 12.3. The third-order valence-corrected chi connectivity index (χ3v) is 9.61. The molecule has 1 amide bonds. The van der Waals surface area contributed by atoms with Crippen LogP contribution in [0.3, 0.4) is 0 Å². The van der Waals surface area contributed by atoms with Crippen LogP contribution >= 0.6 is 7.14 Å². The van der Waals surface area contributed by atoms with Gasteiger partial charge in [-0.2, -0.15) is 13.2 Å². The van der Waals surface area contributed by atoms with Crippen LogP contribution in [0.2, 0.25) is 0 Å². The van der Waals surface area contributed by atoms with E-state index in [4.69, 9.17) is 4.74 Å². The number of hydrogen-bond donors (Lipinski definition) is 1. The maximum Gasteiger partial charge on any atom is 0.416 e. The molecule has 0 bridgehead atoms. The largest absolute Gasteiger partial charge is 0.416 e. The van der Waals surface area contributed by atoms with E-state index in [2.05, 4.69) is 20.3 Å². The lowest BCUT2D eigenvalue weighted by Gasteiger charge is -2.32. The number of benzene rings is 1. The van der Waals surface area contributed by atoms with Crippen molar-refractivity contribution < 1.29 is 27.3 Å². The first kappa shape index (κ1) is 27.0. The molecule has 0 spiro atoms. The first-order valence-corrected chi connectivity index (χ1v) is 13.9. The Balaban J connectivity index is 1.65. The highest BCUT2D eigenvalue weighted by molar-refractivity contribution is 7.71. The second-order valence-electron chi connectivity index (χ2n) is 9.21. The highest BCUT2D eigenvalue weighted by Gasteiger charge is 2.35. The lowest BCUT2D eigenvalue weighted by Crippen LogP contribution is -2.42. The standard InChI is InChI=1S/C25H29F3N5O3P/c1-15-18(6-5-7-20(15)25(26,27)28)16(2)30-24-19-12-22(29-13-21(19)31-17(3)32-24)37(35)10-8-33(9-11-37)23(34)14-36-4/h5-7,12-13,16H,8-11,14H2,1-4H3,(H,30,31,32)/t16-/m1/s1. The number of carbonyl (C=O) groups excluding carboxylic acids is 1. The fourth-order valence-corrected chi connectivity index (χ4v) is 7.11. The molecule has 2 aromatic heterocycles. The van der Waals surface area contributed by atoms with Gasteiger partial charge in [-0.05, 0) is 44.0 Å². The Labute approximate surface area is 213 Å². The third-order valence-electron chi connectivity index (χ3n) is 6.68. The molecule has 37 heavy (non-hydrogen) atoms. The van der Waals surface area contributed by atoms with Crippen molar-refractivity contribution in [3.8, 4) is 0 Å². The molecule has 3 heterocycles. The Morgan fingerprint density at radius 1 is 1.22 bits per heavy atom. The van der Waals surface area contributed by atoms with Crippen LogP contribution in [0.5, 0.6) is 0 Å². The van der Waals surface area contributed by atoms with E-state index < -0.39 is 24.9 Å². The highest BCUT2D eigenvalue weighted by atomic mass is 31.2. The number of hydrogen-bond acceptors (Lipinski definition) is 7. The van der Waals surface area contributed by atoms with Crippen LogP contribution in [-0.4, -0.2) is 64.9 Å². The van der Waals surface area contributed by atoms with Gasteiger partial charge in [0.05, 0.1) is 23.3 Å². The van der Waals surface area contributed by atoms with Crippen molar-refractivity contribution in [3.63, 3.8) is 0 Å². The van der Waals surface area contributed by atoms with Gasteiger partial charge in [-0.15, -0.1) is 0 Å². The molecule has 1 aromatic carbocycles. The molecule has 198 valence electrons. The van der Waals surface area contributed by atoms with Crippen molar-refractivity contribution in [2.45, 2.75) is 33.0 Å². The van der Waals surface area contributed by atoms with Gasteiger partial charge >= 0.3 is 6.18 Å². The molecule has 1 atom stereocenters. The van der Waals surface area contributed by atoms with Crippen molar-refractivity contribution in [1.29, 1.82) is 0 Å². The molecule has 8 nitrogen and oxygen atoms in total. The Kier molecular flexibility index (Phi) is 7.57. The van der Waals surface area contributed by atoms with Crippen LogP contribution in [0.1, 0.15) is 35.5 Å². The Hall–Kier alpha value is -3.04. The number of halogens is 3. The Morgan fingerprint density at radius 2 is 1.92 bits per heavy atom. The van der Waals surface area contributed by atoms with E-state index >= 15 is 0 Å². The quantitative estimate of drug-likeness (QED) is 0.470. The number of anilines is 1. The maximum atomic E-state index is 13.8. The summed E-state index contributed by atoms with van der Waals surface area (Å²) in [6.07, 6.45) is -2.30. The van der Waals surface area contributed by atoms with Crippen LogP contribution in [0.25, 0.3) is 10.9 Å². The van der Waals surface area contributed by atoms with Crippen molar-refractivity contribution in [1.82, 2.24) is 19.9 Å². The zero-order valence-corrected chi connectivity index (χ0v) is 22.0. The number of aryl methyl sites for hydroxylation is 1. The topological polar surface area (TPSA) is 97.3 Å². The zero-order chi connectivity index (χ0) is 27.0. The molecular weight excluding hydrogens is 506 g/mol. The summed E-state index contributed by atoms with van der Waals surface area (Å²) in [5.74, 6) is 0.750. The summed E-state index contributed by atoms with van der Waals surface area (Å²) in [6, 6.07) is 5.32. The molecule has 1 aliphatic rings. The van der Waals surface area contributed by atoms with Crippen LogP contribution in [-0.2, 0) is 20.3 Å². The fraction of sp³-hybridized carbons (Fsp3) is 0.440. The van der Waals surface area contributed by atoms with E-state index in [0.717, 1.165) is 6.07 Å². The van der Waals surface area contributed by atoms with Gasteiger partial charge in [0.1, 0.15) is 30.8 Å². The molecule has 3 aromatic rings. The van der Waals surface area contributed by atoms with Crippen LogP contribution in [0.4, 0.5) is 19.0 Å². The molecule has 0 unspecified atom stereocenters. The predicted octanol–water partition coefficient (Wildman–Crippen LogP) is 4.31. The van der Waals surface area contributed by atoms with Crippen molar-refractivity contribution >= 4 is 35.2 Å². The van der Waals surface area contributed by atoms with E-state index in [1.54, 1.807) is 37.1 Å². The first-order chi connectivity index (χ1) is 17.4. The minimum absolute atomic E-state index is 0.0201. The van der Waals surface area contributed by atoms with Crippen molar-refractivity contribution in [2.24, 2.45) is 0 Å². The number of fused-ring (bicyclic) bond motifs is 1. The molecule has 1 aliphatic heterocycles. The van der Waals surface area contributed by atoms with E-state index in [-0.39, 0.29) is 18.1 Å². The SMILES string of the molecule is COCC(=O)N1CCP(=O)(c2cc3c(N[C@H](C)c4cccc(C(F)(F)F)c4C)nc(C)nc3cn2)CC1. The lowest BCUT2D eigenvalue weighted by molar-refractivity contribution is -0.138. The smallest absolute Gasteiger partial charge is 0.375 e. The van der Waals surface area contributed by atoms with Gasteiger partial charge in [0, 0.05) is 37.9 Å². The number of nitrogens with zero attached hydrogens (tertiary/aromatic N) is 4. The summed E-state index contributed by atoms with van der Waals surface area (Å²) < 4.78 is 59.0. The number of carbonyl (C=O) groups is 1. The molecule has 1 saturated heterocycles. The Bertz CT molecular complexity index is 1370. The van der Waals surface area contributed by atoms with Crippen LogP contribution < -0.4 is 10.8 Å². The molecule has 1 N–H and O–H groups in total. The average Bonchev–Trinajstić information content (AvgIpc) is 2.83. The van der Waals surface area contributed by atoms with Gasteiger partial charge in [-0.25, -0.2) is 9.97 Å². The van der Waals surface area contributed by atoms with Crippen molar-refractivity contribution in [3.05, 3.63) is 53.0 Å². The normalized spacial score (nSPS) is 16.6. The number of alkyl halides is 3. The minimum atomic E-state index is -4.45. The summed E-state index contributed by atoms with van der Waals surface area (Å²) in [5.41, 5.74) is 0.924. The molecule has 0 aliphatic carbocycles. The average molecular weight is 536 g/mol. The number of aromatic nitrogens is 3. The number of amides is 1. The van der Waals surface area contributed by atoms with Gasteiger partial charge < -0.3 is 19.5 Å². The second kappa shape index (κ2) is 10.4. The summed E-state index contributed by atoms with van der Waals surface area (Å²) in [7, 11) is -1.42. The summed E-state index contributed by atoms with van der Waals surface area (Å²) in [4.78, 5) is 27.1. The minimum Gasteiger partial charge on any atom is -0.375 e. The Morgan fingerprint density at radius 3 is 2.57 bits per heavy atom. The number of rotatable bonds is 6. The zero-order valence-electron chi connectivity index (χ0n) is 21.1. The van der Waals surface area contributed by atoms with E-state index in [1.807, 2.05) is 0 Å². The first-order valence-electron chi connectivity index (χ1n) is 11.9. The maximum absolute atomic E-state index is 13.8. The monoisotopic (exact) mass is 535 g/mol. The van der Waals surface area contributed by atoms with E-state index in [1.165, 1.54) is 20.1 Å². The van der Waals surface area contributed by atoms with Crippen LogP contribution in [0.15, 0.2) is 30.5 Å². The van der Waals surface area contributed by atoms with Crippen LogP contribution in [0, 0.1) is 13.8 Å². The van der Waals surface area contributed by atoms with Gasteiger partial charge in [-0.3, -0.25) is 9.78 Å². The molecule has 1 fully saturated rings. The van der Waals surface area contributed by atoms with Gasteiger partial charge in [0.15, 0.2) is 0 Å². The van der Waals surface area contributed by atoms with Gasteiger partial charge in [0.2, 0.25) is 5.91 Å². The van der Waals surface area contributed by atoms with E-state index in [0.29, 0.717) is 59.0 Å². The molecule has 4 rings (SSSR count). The van der Waals surface area contributed by atoms with Crippen molar-refractivity contribution in [2.75, 3.05) is 44.4 Å². The fourth-order valence-electron chi connectivity index (χ4n) is 4.66. The summed E-state index contributed by atoms with van der Waals surface area (Å²) in [5, 5.41) is 3.82. The molecule has 12 heteroatoms. The molecule has 0 radical (unpaired) electrons. The number of pyridine rings is 1. The van der Waals surface area contributed by atoms with Gasteiger partial charge in [0.25, 0.3) is 0 Å². The van der Waals surface area contributed by atoms with Gasteiger partial charge in [-0.1, -0.05) is 12.1 Å². The predicted molar refractivity (Wildman–Crippen MR) is 136 cm³/mol. The molecule has 0 saturated carbocycles. The number of nitrogens with one attached hydrogen (secondary N) is 1. The summed E-state index contributed by atoms with van der Waals surface area (Å²) >= 11 is 0. The number of ether oxygens (including phenoxy) is 1.